The van der Waals surface area contributed by atoms with Crippen LogP contribution in [0.3, 0.4) is 0 Å². The maximum absolute atomic E-state index is 12.2. The molecule has 2 N–H and O–H groups in total. The molecule has 0 aromatic heterocycles. The number of amides is 2. The highest BCUT2D eigenvalue weighted by Gasteiger charge is 2.26. The quantitative estimate of drug-likeness (QED) is 0.674. The van der Waals surface area contributed by atoms with Gasteiger partial charge in [0.05, 0.1) is 13.2 Å². The summed E-state index contributed by atoms with van der Waals surface area (Å²) in [5.74, 6) is 0.0752. The van der Waals surface area contributed by atoms with Gasteiger partial charge in [-0.15, -0.1) is 0 Å². The Morgan fingerprint density at radius 1 is 1.32 bits per heavy atom. The smallest absolute Gasteiger partial charge is 0.251 e. The van der Waals surface area contributed by atoms with Gasteiger partial charge in [0.25, 0.3) is 5.91 Å². The Balaban J connectivity index is 1.86. The van der Waals surface area contributed by atoms with E-state index < -0.39 is 6.10 Å². The van der Waals surface area contributed by atoms with E-state index in [0.29, 0.717) is 38.5 Å². The van der Waals surface area contributed by atoms with Crippen molar-refractivity contribution in [3.63, 3.8) is 0 Å². The molecule has 0 radical (unpaired) electrons. The standard InChI is InChI=1S/C18H26N2O5/c1-24-10-11-25-16-8-3-2-6-14(16)12-19-17(22)13-20-9-5-4-7-15(21)18(20)23/h2-3,6,8,15,21H,4-5,7,9-13H2,1H3,(H,19,22). The summed E-state index contributed by atoms with van der Waals surface area (Å²) in [6, 6.07) is 7.46. The Morgan fingerprint density at radius 3 is 2.92 bits per heavy atom. The van der Waals surface area contributed by atoms with Crippen LogP contribution in [0.5, 0.6) is 5.75 Å². The molecule has 25 heavy (non-hydrogen) atoms. The van der Waals surface area contributed by atoms with E-state index in [0.717, 1.165) is 18.4 Å². The number of benzene rings is 1. The van der Waals surface area contributed by atoms with Crippen molar-refractivity contribution in [3.8, 4) is 5.75 Å². The predicted octanol–water partition coefficient (Wildman–Crippen LogP) is 0.701. The second-order valence-electron chi connectivity index (χ2n) is 6.00. The molecule has 0 spiro atoms. The van der Waals surface area contributed by atoms with E-state index in [1.165, 1.54) is 4.90 Å². The number of carbonyl (C=O) groups is 2. The molecule has 1 aliphatic rings. The number of nitrogens with one attached hydrogen (secondary N) is 1. The van der Waals surface area contributed by atoms with E-state index in [9.17, 15) is 14.7 Å². The number of hydrogen-bond acceptors (Lipinski definition) is 5. The molecule has 0 aliphatic carbocycles. The van der Waals surface area contributed by atoms with Crippen LogP contribution >= 0.6 is 0 Å². The summed E-state index contributed by atoms with van der Waals surface area (Å²) in [6.07, 6.45) is 1.05. The van der Waals surface area contributed by atoms with Gasteiger partial charge in [0, 0.05) is 25.8 Å². The van der Waals surface area contributed by atoms with Crippen LogP contribution in [0.2, 0.25) is 0 Å². The van der Waals surface area contributed by atoms with E-state index in [2.05, 4.69) is 5.32 Å². The summed E-state index contributed by atoms with van der Waals surface area (Å²) in [7, 11) is 1.61. The summed E-state index contributed by atoms with van der Waals surface area (Å²) < 4.78 is 10.6. The van der Waals surface area contributed by atoms with E-state index >= 15 is 0 Å². The molecule has 1 aromatic rings. The topological polar surface area (TPSA) is 88.1 Å². The van der Waals surface area contributed by atoms with Crippen LogP contribution in [-0.2, 0) is 20.9 Å². The number of aliphatic hydroxyl groups is 1. The third-order valence-corrected chi connectivity index (χ3v) is 4.08. The fraction of sp³-hybridized carbons (Fsp3) is 0.556. The van der Waals surface area contributed by atoms with Gasteiger partial charge in [-0.2, -0.15) is 0 Å². The van der Waals surface area contributed by atoms with Gasteiger partial charge in [-0.1, -0.05) is 18.2 Å². The lowest BCUT2D eigenvalue weighted by atomic mass is 10.2. The second kappa shape index (κ2) is 10.0. The van der Waals surface area contributed by atoms with Gasteiger partial charge >= 0.3 is 0 Å². The van der Waals surface area contributed by atoms with Crippen molar-refractivity contribution in [3.05, 3.63) is 29.8 Å². The highest BCUT2D eigenvalue weighted by molar-refractivity contribution is 5.87. The number of hydrogen-bond donors (Lipinski definition) is 2. The fourth-order valence-corrected chi connectivity index (χ4v) is 2.69. The third kappa shape index (κ3) is 6.03. The molecular weight excluding hydrogens is 324 g/mol. The highest BCUT2D eigenvalue weighted by atomic mass is 16.5. The molecular formula is C18H26N2O5. The Morgan fingerprint density at radius 2 is 2.12 bits per heavy atom. The molecule has 1 aliphatic heterocycles. The first-order valence-electron chi connectivity index (χ1n) is 8.55. The summed E-state index contributed by atoms with van der Waals surface area (Å²) >= 11 is 0. The van der Waals surface area contributed by atoms with Crippen molar-refractivity contribution < 1.29 is 24.2 Å². The monoisotopic (exact) mass is 350 g/mol. The number of para-hydroxylation sites is 1. The van der Waals surface area contributed by atoms with Crippen molar-refractivity contribution in [2.45, 2.75) is 31.9 Å². The molecule has 7 nitrogen and oxygen atoms in total. The SMILES string of the molecule is COCCOc1ccccc1CNC(=O)CN1CCCCC(O)C1=O. The summed E-state index contributed by atoms with van der Waals surface area (Å²) in [5, 5.41) is 12.5. The average Bonchev–Trinajstić information content (AvgIpc) is 2.77. The van der Waals surface area contributed by atoms with E-state index in [1.807, 2.05) is 24.3 Å². The molecule has 138 valence electrons. The lowest BCUT2D eigenvalue weighted by Crippen LogP contribution is -2.44. The maximum Gasteiger partial charge on any atom is 0.251 e. The minimum absolute atomic E-state index is 0.0391. The van der Waals surface area contributed by atoms with Crippen molar-refractivity contribution >= 4 is 11.8 Å². The van der Waals surface area contributed by atoms with Crippen LogP contribution < -0.4 is 10.1 Å². The zero-order valence-electron chi connectivity index (χ0n) is 14.6. The van der Waals surface area contributed by atoms with Gasteiger partial charge in [-0.05, 0) is 25.3 Å². The molecule has 1 fully saturated rings. The van der Waals surface area contributed by atoms with Gasteiger partial charge < -0.3 is 24.8 Å². The van der Waals surface area contributed by atoms with Crippen LogP contribution in [-0.4, -0.2) is 61.3 Å². The van der Waals surface area contributed by atoms with E-state index in [4.69, 9.17) is 9.47 Å². The van der Waals surface area contributed by atoms with E-state index in [-0.39, 0.29) is 18.4 Å². The van der Waals surface area contributed by atoms with Crippen LogP contribution in [0, 0.1) is 0 Å². The molecule has 1 heterocycles. The molecule has 0 bridgehead atoms. The van der Waals surface area contributed by atoms with Crippen LogP contribution in [0.15, 0.2) is 24.3 Å². The molecule has 1 aromatic carbocycles. The minimum atomic E-state index is -0.995. The molecule has 7 heteroatoms. The predicted molar refractivity (Wildman–Crippen MR) is 92.1 cm³/mol. The Kier molecular flexibility index (Phi) is 7.69. The number of likely N-dealkylation sites (tertiary alicyclic amines) is 1. The average molecular weight is 350 g/mol. The highest BCUT2D eigenvalue weighted by Crippen LogP contribution is 2.17. The fourth-order valence-electron chi connectivity index (χ4n) is 2.69. The summed E-state index contributed by atoms with van der Waals surface area (Å²) in [6.45, 7) is 1.69. The molecule has 2 rings (SSSR count). The summed E-state index contributed by atoms with van der Waals surface area (Å²) in [4.78, 5) is 25.6. The minimum Gasteiger partial charge on any atom is -0.491 e. The molecule has 2 amide bonds. The number of rotatable bonds is 8. The normalized spacial score (nSPS) is 17.9. The van der Waals surface area contributed by atoms with Crippen LogP contribution in [0.25, 0.3) is 0 Å². The van der Waals surface area contributed by atoms with E-state index in [1.54, 1.807) is 7.11 Å². The van der Waals surface area contributed by atoms with Crippen LogP contribution in [0.1, 0.15) is 24.8 Å². The van der Waals surface area contributed by atoms with Gasteiger partial charge in [-0.3, -0.25) is 9.59 Å². The lowest BCUT2D eigenvalue weighted by molar-refractivity contribution is -0.142. The maximum atomic E-state index is 12.2. The van der Waals surface area contributed by atoms with Gasteiger partial charge in [-0.25, -0.2) is 0 Å². The Bertz CT molecular complexity index is 578. The Labute approximate surface area is 147 Å². The van der Waals surface area contributed by atoms with Gasteiger partial charge in [0.15, 0.2) is 0 Å². The number of carbonyl (C=O) groups excluding carboxylic acids is 2. The van der Waals surface area contributed by atoms with Crippen LogP contribution in [0.4, 0.5) is 0 Å². The van der Waals surface area contributed by atoms with Crippen molar-refractivity contribution in [2.75, 3.05) is 33.4 Å². The molecule has 1 unspecified atom stereocenters. The third-order valence-electron chi connectivity index (χ3n) is 4.08. The number of aliphatic hydroxyl groups excluding tert-OH is 1. The molecule has 1 atom stereocenters. The molecule has 1 saturated heterocycles. The first-order valence-corrected chi connectivity index (χ1v) is 8.55. The van der Waals surface area contributed by atoms with Crippen molar-refractivity contribution in [2.24, 2.45) is 0 Å². The number of ether oxygens (including phenoxy) is 2. The van der Waals surface area contributed by atoms with Crippen molar-refractivity contribution in [1.29, 1.82) is 0 Å². The zero-order chi connectivity index (χ0) is 18.1. The largest absolute Gasteiger partial charge is 0.491 e. The lowest BCUT2D eigenvalue weighted by Gasteiger charge is -2.21. The Hall–Kier alpha value is -2.12. The number of nitrogens with zero attached hydrogens (tertiary/aromatic N) is 1. The number of methoxy groups -OCH3 is 1. The first kappa shape index (κ1) is 19.2. The summed E-state index contributed by atoms with van der Waals surface area (Å²) in [5.41, 5.74) is 0.856. The van der Waals surface area contributed by atoms with Crippen molar-refractivity contribution in [1.82, 2.24) is 10.2 Å². The molecule has 0 saturated carbocycles. The first-order chi connectivity index (χ1) is 12.1. The van der Waals surface area contributed by atoms with Gasteiger partial charge in [0.1, 0.15) is 18.5 Å². The van der Waals surface area contributed by atoms with Gasteiger partial charge in [0.2, 0.25) is 5.91 Å². The second-order valence-corrected chi connectivity index (χ2v) is 6.00. The zero-order valence-corrected chi connectivity index (χ0v) is 14.6.